The Kier molecular flexibility index (Phi) is 4.94. The molecule has 0 fully saturated rings. The van der Waals surface area contributed by atoms with Crippen LogP contribution in [0.4, 0.5) is 5.69 Å². The van der Waals surface area contributed by atoms with Crippen molar-refractivity contribution in [2.45, 2.75) is 0 Å². The first-order valence-corrected chi connectivity index (χ1v) is 5.63. The van der Waals surface area contributed by atoms with Crippen LogP contribution < -0.4 is 10.6 Å². The predicted octanol–water partition coefficient (Wildman–Crippen LogP) is 1.68. The smallest absolute Gasteiger partial charge is 0.313 e. The first kappa shape index (κ1) is 13.5. The van der Waals surface area contributed by atoms with Gasteiger partial charge in [-0.25, -0.2) is 0 Å². The molecule has 0 radical (unpaired) electrons. The minimum absolute atomic E-state index is 0.214. The van der Waals surface area contributed by atoms with Crippen LogP contribution in [-0.4, -0.2) is 18.4 Å². The number of benzene rings is 1. The molecule has 2 amide bonds. The van der Waals surface area contributed by atoms with Gasteiger partial charge in [0.2, 0.25) is 0 Å². The van der Waals surface area contributed by atoms with E-state index >= 15 is 0 Å². The third kappa shape index (κ3) is 4.06. The number of halogens is 2. The van der Waals surface area contributed by atoms with Crippen molar-refractivity contribution >= 4 is 45.0 Å². The van der Waals surface area contributed by atoms with Crippen molar-refractivity contribution in [3.63, 3.8) is 0 Å². The maximum atomic E-state index is 11.4. The van der Waals surface area contributed by atoms with Crippen molar-refractivity contribution < 1.29 is 9.59 Å². The molecule has 0 aliphatic rings. The molecule has 1 rings (SSSR count). The summed E-state index contributed by atoms with van der Waals surface area (Å²) in [7, 11) is 0. The summed E-state index contributed by atoms with van der Waals surface area (Å²) in [6.45, 7) is -0.214. The summed E-state index contributed by atoms with van der Waals surface area (Å²) in [5, 5.41) is 13.3. The van der Waals surface area contributed by atoms with Crippen LogP contribution in [0.15, 0.2) is 22.7 Å². The topological polar surface area (TPSA) is 82.0 Å². The van der Waals surface area contributed by atoms with Crippen LogP contribution in [0.25, 0.3) is 0 Å². The Morgan fingerprint density at radius 3 is 2.71 bits per heavy atom. The van der Waals surface area contributed by atoms with Gasteiger partial charge in [0.05, 0.1) is 11.8 Å². The van der Waals surface area contributed by atoms with Crippen LogP contribution >= 0.6 is 27.5 Å². The fourth-order valence-electron chi connectivity index (χ4n) is 0.970. The number of carbonyl (C=O) groups is 2. The van der Waals surface area contributed by atoms with Crippen molar-refractivity contribution in [3.8, 4) is 6.07 Å². The molecule has 0 saturated heterocycles. The summed E-state index contributed by atoms with van der Waals surface area (Å²) in [5.74, 6) is -1.71. The number of carbonyl (C=O) groups excluding carboxylic acids is 2. The van der Waals surface area contributed by atoms with Crippen molar-refractivity contribution in [2.24, 2.45) is 0 Å². The SMILES string of the molecule is N#CCNC(=O)C(=O)Nc1ccc(Cl)cc1Br. The summed E-state index contributed by atoms with van der Waals surface area (Å²) in [5.41, 5.74) is 0.423. The van der Waals surface area contributed by atoms with E-state index < -0.39 is 11.8 Å². The van der Waals surface area contributed by atoms with Gasteiger partial charge in [0.15, 0.2) is 0 Å². The van der Waals surface area contributed by atoms with Crippen LogP contribution in [0.5, 0.6) is 0 Å². The molecular formula is C10H7BrClN3O2. The number of nitriles is 1. The van der Waals surface area contributed by atoms with Crippen LogP contribution in [0.3, 0.4) is 0 Å². The highest BCUT2D eigenvalue weighted by Crippen LogP contribution is 2.25. The fourth-order valence-corrected chi connectivity index (χ4v) is 1.75. The Morgan fingerprint density at radius 2 is 2.12 bits per heavy atom. The second-order valence-electron chi connectivity index (χ2n) is 2.92. The average molecular weight is 317 g/mol. The summed E-state index contributed by atoms with van der Waals surface area (Å²) in [4.78, 5) is 22.5. The zero-order valence-corrected chi connectivity index (χ0v) is 10.8. The lowest BCUT2D eigenvalue weighted by Crippen LogP contribution is -2.35. The van der Waals surface area contributed by atoms with E-state index in [0.717, 1.165) is 0 Å². The molecule has 0 saturated carbocycles. The molecule has 0 aliphatic carbocycles. The molecule has 5 nitrogen and oxygen atoms in total. The lowest BCUT2D eigenvalue weighted by molar-refractivity contribution is -0.136. The Bertz CT molecular complexity index is 499. The van der Waals surface area contributed by atoms with Gasteiger partial charge in [0.1, 0.15) is 6.54 Å². The zero-order chi connectivity index (χ0) is 12.8. The highest BCUT2D eigenvalue weighted by molar-refractivity contribution is 9.10. The van der Waals surface area contributed by atoms with E-state index in [1.54, 1.807) is 24.3 Å². The van der Waals surface area contributed by atoms with Gasteiger partial charge in [0.25, 0.3) is 0 Å². The van der Waals surface area contributed by atoms with Crippen LogP contribution in [0, 0.1) is 11.3 Å². The first-order chi connectivity index (χ1) is 8.04. The van der Waals surface area contributed by atoms with E-state index in [9.17, 15) is 9.59 Å². The van der Waals surface area contributed by atoms with Gasteiger partial charge in [-0.15, -0.1) is 0 Å². The molecule has 0 spiro atoms. The third-order valence-corrected chi connectivity index (χ3v) is 2.60. The van der Waals surface area contributed by atoms with Gasteiger partial charge in [0, 0.05) is 9.50 Å². The molecule has 1 aromatic rings. The van der Waals surface area contributed by atoms with Gasteiger partial charge < -0.3 is 10.6 Å². The first-order valence-electron chi connectivity index (χ1n) is 4.45. The molecule has 88 valence electrons. The molecule has 0 atom stereocenters. The highest BCUT2D eigenvalue weighted by Gasteiger charge is 2.14. The van der Waals surface area contributed by atoms with Gasteiger partial charge >= 0.3 is 11.8 Å². The number of nitrogens with one attached hydrogen (secondary N) is 2. The number of hydrogen-bond donors (Lipinski definition) is 2. The van der Waals surface area contributed by atoms with E-state index in [1.807, 2.05) is 0 Å². The standard InChI is InChI=1S/C10H7BrClN3O2/c11-7-5-6(12)1-2-8(7)15-10(17)9(16)14-4-3-13/h1-2,5H,4H2,(H,14,16)(H,15,17). The Labute approximate surface area is 111 Å². The van der Waals surface area contributed by atoms with Gasteiger partial charge in [-0.05, 0) is 34.1 Å². The number of rotatable bonds is 2. The molecule has 1 aromatic carbocycles. The summed E-state index contributed by atoms with van der Waals surface area (Å²) in [6, 6.07) is 6.42. The highest BCUT2D eigenvalue weighted by atomic mass is 79.9. The second-order valence-corrected chi connectivity index (χ2v) is 4.21. The molecule has 0 heterocycles. The van der Waals surface area contributed by atoms with Crippen LogP contribution in [0.2, 0.25) is 5.02 Å². The molecule has 0 bridgehead atoms. The van der Waals surface area contributed by atoms with Gasteiger partial charge in [-0.1, -0.05) is 11.6 Å². The average Bonchev–Trinajstić information content (AvgIpc) is 2.29. The zero-order valence-electron chi connectivity index (χ0n) is 8.46. The molecule has 2 N–H and O–H groups in total. The van der Waals surface area contributed by atoms with Crippen molar-refractivity contribution in [2.75, 3.05) is 11.9 Å². The van der Waals surface area contributed by atoms with E-state index in [1.165, 1.54) is 0 Å². The Balaban J connectivity index is 2.68. The molecule has 0 aromatic heterocycles. The van der Waals surface area contributed by atoms with E-state index in [0.29, 0.717) is 15.2 Å². The van der Waals surface area contributed by atoms with Crippen molar-refractivity contribution in [3.05, 3.63) is 27.7 Å². The summed E-state index contributed by atoms with van der Waals surface area (Å²) < 4.78 is 0.562. The Morgan fingerprint density at radius 1 is 1.41 bits per heavy atom. The lowest BCUT2D eigenvalue weighted by atomic mass is 10.3. The molecule has 0 unspecified atom stereocenters. The van der Waals surface area contributed by atoms with Crippen LogP contribution in [0.1, 0.15) is 0 Å². The van der Waals surface area contributed by atoms with Gasteiger partial charge in [-0.3, -0.25) is 9.59 Å². The molecule has 0 aliphatic heterocycles. The normalized spacial score (nSPS) is 9.24. The maximum Gasteiger partial charge on any atom is 0.313 e. The molecular weight excluding hydrogens is 309 g/mol. The summed E-state index contributed by atoms with van der Waals surface area (Å²) in [6.07, 6.45) is 0. The molecule has 17 heavy (non-hydrogen) atoms. The summed E-state index contributed by atoms with van der Waals surface area (Å²) >= 11 is 8.92. The third-order valence-electron chi connectivity index (χ3n) is 1.71. The molecule has 7 heteroatoms. The van der Waals surface area contributed by atoms with E-state index in [4.69, 9.17) is 16.9 Å². The van der Waals surface area contributed by atoms with E-state index in [-0.39, 0.29) is 6.54 Å². The second kappa shape index (κ2) is 6.23. The van der Waals surface area contributed by atoms with E-state index in [2.05, 4.69) is 26.6 Å². The number of nitrogens with zero attached hydrogens (tertiary/aromatic N) is 1. The van der Waals surface area contributed by atoms with Crippen molar-refractivity contribution in [1.29, 1.82) is 5.26 Å². The number of anilines is 1. The van der Waals surface area contributed by atoms with Crippen molar-refractivity contribution in [1.82, 2.24) is 5.32 Å². The monoisotopic (exact) mass is 315 g/mol. The quantitative estimate of drug-likeness (QED) is 0.643. The Hall–Kier alpha value is -1.58. The fraction of sp³-hybridized carbons (Fsp3) is 0.100. The largest absolute Gasteiger partial charge is 0.335 e. The lowest BCUT2D eigenvalue weighted by Gasteiger charge is -2.06. The minimum Gasteiger partial charge on any atom is -0.335 e. The maximum absolute atomic E-state index is 11.4. The number of hydrogen-bond acceptors (Lipinski definition) is 3. The predicted molar refractivity (Wildman–Crippen MR) is 66.4 cm³/mol. The van der Waals surface area contributed by atoms with Gasteiger partial charge in [-0.2, -0.15) is 5.26 Å². The minimum atomic E-state index is -0.867. The number of amides is 2. The van der Waals surface area contributed by atoms with Crippen LogP contribution in [-0.2, 0) is 9.59 Å².